The summed E-state index contributed by atoms with van der Waals surface area (Å²) in [6.07, 6.45) is 6.05. The minimum Gasteiger partial charge on any atom is -0.494 e. The van der Waals surface area contributed by atoms with Crippen molar-refractivity contribution in [1.29, 1.82) is 0 Å². The van der Waals surface area contributed by atoms with Crippen molar-refractivity contribution in [2.45, 2.75) is 39.0 Å². The van der Waals surface area contributed by atoms with E-state index in [0.717, 1.165) is 23.3 Å². The lowest BCUT2D eigenvalue weighted by Gasteiger charge is -2.20. The highest BCUT2D eigenvalue weighted by molar-refractivity contribution is 5.90. The van der Waals surface area contributed by atoms with E-state index in [2.05, 4.69) is 5.32 Å². The van der Waals surface area contributed by atoms with Gasteiger partial charge in [-0.15, -0.1) is 0 Å². The number of anilines is 1. The third kappa shape index (κ3) is 2.97. The first-order chi connectivity index (χ1) is 9.74. The summed E-state index contributed by atoms with van der Waals surface area (Å²) in [7, 11) is 0. The minimum absolute atomic E-state index is 0.159. The monoisotopic (exact) mass is 273 g/mol. The van der Waals surface area contributed by atoms with Crippen molar-refractivity contribution in [3.8, 4) is 5.75 Å². The van der Waals surface area contributed by atoms with Gasteiger partial charge in [0.2, 0.25) is 5.91 Å². The molecule has 2 aliphatic rings. The molecule has 1 aromatic rings. The van der Waals surface area contributed by atoms with Gasteiger partial charge in [-0.05, 0) is 68.2 Å². The Morgan fingerprint density at radius 3 is 2.65 bits per heavy atom. The average molecular weight is 273 g/mol. The maximum absolute atomic E-state index is 12.1. The van der Waals surface area contributed by atoms with Crippen LogP contribution < -0.4 is 10.1 Å². The minimum atomic E-state index is 0.159. The highest BCUT2D eigenvalue weighted by Crippen LogP contribution is 2.49. The number of hydrogen-bond donors (Lipinski definition) is 1. The topological polar surface area (TPSA) is 38.3 Å². The highest BCUT2D eigenvalue weighted by atomic mass is 16.5. The number of ether oxygens (including phenoxy) is 1. The molecule has 0 radical (unpaired) electrons. The van der Waals surface area contributed by atoms with Gasteiger partial charge in [-0.2, -0.15) is 0 Å². The molecular formula is C17H23NO2. The highest BCUT2D eigenvalue weighted by Gasteiger charge is 2.40. The Labute approximate surface area is 120 Å². The SMILES string of the molecule is CCOc1ccc(NC(=O)C[C@H]2C[C@H]3CC[C@@H]2C3)cc1. The van der Waals surface area contributed by atoms with Crippen molar-refractivity contribution in [2.24, 2.45) is 17.8 Å². The fraction of sp³-hybridized carbons (Fsp3) is 0.588. The molecule has 0 unspecified atom stereocenters. The quantitative estimate of drug-likeness (QED) is 0.885. The number of carbonyl (C=O) groups excluding carboxylic acids is 1. The number of amides is 1. The van der Waals surface area contributed by atoms with Crippen molar-refractivity contribution in [3.63, 3.8) is 0 Å². The zero-order valence-electron chi connectivity index (χ0n) is 12.1. The van der Waals surface area contributed by atoms with Crippen LogP contribution in [0, 0.1) is 17.8 Å². The van der Waals surface area contributed by atoms with E-state index in [1.54, 1.807) is 0 Å². The normalized spacial score (nSPS) is 27.6. The predicted octanol–water partition coefficient (Wildman–Crippen LogP) is 3.85. The Morgan fingerprint density at radius 1 is 1.25 bits per heavy atom. The zero-order valence-corrected chi connectivity index (χ0v) is 12.1. The van der Waals surface area contributed by atoms with E-state index in [-0.39, 0.29) is 5.91 Å². The van der Waals surface area contributed by atoms with Gasteiger partial charge in [-0.25, -0.2) is 0 Å². The van der Waals surface area contributed by atoms with Crippen molar-refractivity contribution in [3.05, 3.63) is 24.3 Å². The Hall–Kier alpha value is -1.51. The summed E-state index contributed by atoms with van der Waals surface area (Å²) in [6, 6.07) is 7.61. The first-order valence-corrected chi connectivity index (χ1v) is 7.77. The second kappa shape index (κ2) is 5.86. The number of fused-ring (bicyclic) bond motifs is 2. The number of nitrogens with one attached hydrogen (secondary N) is 1. The van der Waals surface area contributed by atoms with Crippen LogP contribution in [0.15, 0.2) is 24.3 Å². The van der Waals surface area contributed by atoms with Crippen LogP contribution in [0.1, 0.15) is 39.0 Å². The third-order valence-corrected chi connectivity index (χ3v) is 4.78. The molecule has 2 saturated carbocycles. The molecule has 1 amide bonds. The van der Waals surface area contributed by atoms with E-state index in [1.165, 1.54) is 25.7 Å². The smallest absolute Gasteiger partial charge is 0.224 e. The molecule has 2 fully saturated rings. The van der Waals surface area contributed by atoms with E-state index in [0.29, 0.717) is 18.9 Å². The Bertz CT molecular complexity index is 468. The molecule has 1 aromatic carbocycles. The summed E-state index contributed by atoms with van der Waals surface area (Å²) in [5.74, 6) is 3.34. The van der Waals surface area contributed by atoms with Crippen LogP contribution in [-0.2, 0) is 4.79 Å². The Balaban J connectivity index is 1.51. The third-order valence-electron chi connectivity index (χ3n) is 4.78. The van der Waals surface area contributed by atoms with Crippen LogP contribution in [0.3, 0.4) is 0 Å². The molecule has 2 bridgehead atoms. The number of rotatable bonds is 5. The lowest BCUT2D eigenvalue weighted by molar-refractivity contribution is -0.117. The molecule has 20 heavy (non-hydrogen) atoms. The van der Waals surface area contributed by atoms with Gasteiger partial charge in [-0.1, -0.05) is 6.42 Å². The van der Waals surface area contributed by atoms with Gasteiger partial charge >= 0.3 is 0 Å². The maximum atomic E-state index is 12.1. The van der Waals surface area contributed by atoms with Crippen LogP contribution in [0.4, 0.5) is 5.69 Å². The lowest BCUT2D eigenvalue weighted by atomic mass is 9.86. The Morgan fingerprint density at radius 2 is 2.05 bits per heavy atom. The molecule has 3 rings (SSSR count). The van der Waals surface area contributed by atoms with E-state index < -0.39 is 0 Å². The second-order valence-electron chi connectivity index (χ2n) is 6.14. The molecule has 3 heteroatoms. The summed E-state index contributed by atoms with van der Waals surface area (Å²) in [6.45, 7) is 2.63. The first-order valence-electron chi connectivity index (χ1n) is 7.77. The van der Waals surface area contributed by atoms with Gasteiger partial charge in [0.15, 0.2) is 0 Å². The first kappa shape index (κ1) is 13.5. The van der Waals surface area contributed by atoms with Crippen molar-refractivity contribution in [1.82, 2.24) is 0 Å². The molecule has 108 valence electrons. The van der Waals surface area contributed by atoms with E-state index in [1.807, 2.05) is 31.2 Å². The zero-order chi connectivity index (χ0) is 13.9. The molecule has 0 aliphatic heterocycles. The van der Waals surface area contributed by atoms with Crippen LogP contribution in [0.5, 0.6) is 5.75 Å². The van der Waals surface area contributed by atoms with Crippen molar-refractivity contribution >= 4 is 11.6 Å². The molecule has 1 N–H and O–H groups in total. The summed E-state index contributed by atoms with van der Waals surface area (Å²) in [5.41, 5.74) is 0.863. The van der Waals surface area contributed by atoms with E-state index in [9.17, 15) is 4.79 Å². The van der Waals surface area contributed by atoms with Gasteiger partial charge in [0.1, 0.15) is 5.75 Å². The number of benzene rings is 1. The summed E-state index contributed by atoms with van der Waals surface area (Å²) < 4.78 is 5.39. The van der Waals surface area contributed by atoms with Gasteiger partial charge in [-0.3, -0.25) is 4.79 Å². The molecule has 0 heterocycles. The molecule has 3 nitrogen and oxygen atoms in total. The fourth-order valence-electron chi connectivity index (χ4n) is 3.88. The van der Waals surface area contributed by atoms with Crippen LogP contribution in [0.25, 0.3) is 0 Å². The van der Waals surface area contributed by atoms with Crippen molar-refractivity contribution in [2.75, 3.05) is 11.9 Å². The van der Waals surface area contributed by atoms with Gasteiger partial charge in [0.25, 0.3) is 0 Å². The predicted molar refractivity (Wildman–Crippen MR) is 79.8 cm³/mol. The molecule has 0 saturated heterocycles. The van der Waals surface area contributed by atoms with Crippen LogP contribution in [0.2, 0.25) is 0 Å². The summed E-state index contributed by atoms with van der Waals surface area (Å²) in [4.78, 5) is 12.1. The Kier molecular flexibility index (Phi) is 3.95. The van der Waals surface area contributed by atoms with E-state index in [4.69, 9.17) is 4.74 Å². The summed E-state index contributed by atoms with van der Waals surface area (Å²) in [5, 5.41) is 3.00. The average Bonchev–Trinajstić information content (AvgIpc) is 3.03. The standard InChI is InChI=1S/C17H23NO2/c1-2-20-16-7-5-15(6-8-16)18-17(19)11-14-10-12-3-4-13(14)9-12/h5-8,12-14H,2-4,9-11H2,1H3,(H,18,19)/t12-,13+,14+/m0/s1. The molecule has 2 aliphatic carbocycles. The molecular weight excluding hydrogens is 250 g/mol. The summed E-state index contributed by atoms with van der Waals surface area (Å²) >= 11 is 0. The van der Waals surface area contributed by atoms with Gasteiger partial charge < -0.3 is 10.1 Å². The van der Waals surface area contributed by atoms with Crippen LogP contribution >= 0.6 is 0 Å². The number of carbonyl (C=O) groups is 1. The largest absolute Gasteiger partial charge is 0.494 e. The maximum Gasteiger partial charge on any atom is 0.224 e. The lowest BCUT2D eigenvalue weighted by Crippen LogP contribution is -2.20. The molecule has 0 aromatic heterocycles. The van der Waals surface area contributed by atoms with Crippen molar-refractivity contribution < 1.29 is 9.53 Å². The fourth-order valence-corrected chi connectivity index (χ4v) is 3.88. The molecule has 3 atom stereocenters. The second-order valence-corrected chi connectivity index (χ2v) is 6.14. The van der Waals surface area contributed by atoms with Crippen LogP contribution in [-0.4, -0.2) is 12.5 Å². The van der Waals surface area contributed by atoms with Gasteiger partial charge in [0, 0.05) is 12.1 Å². The van der Waals surface area contributed by atoms with Gasteiger partial charge in [0.05, 0.1) is 6.61 Å². The molecule has 0 spiro atoms. The number of hydrogen-bond acceptors (Lipinski definition) is 2. The van der Waals surface area contributed by atoms with E-state index >= 15 is 0 Å².